The van der Waals surface area contributed by atoms with Crippen LogP contribution in [0.15, 0.2) is 22.3 Å². The van der Waals surface area contributed by atoms with Crippen molar-refractivity contribution in [1.29, 1.82) is 0 Å². The highest BCUT2D eigenvalue weighted by Gasteiger charge is 2.46. The Kier molecular flexibility index (Phi) is 2.13. The molecule has 0 saturated heterocycles. The van der Waals surface area contributed by atoms with Crippen LogP contribution in [0.4, 0.5) is 0 Å². The third-order valence-corrected chi connectivity index (χ3v) is 4.75. The lowest BCUT2D eigenvalue weighted by Gasteiger charge is -2.42. The van der Waals surface area contributed by atoms with E-state index >= 15 is 0 Å². The Balaban J connectivity index is 2.20. The van der Waals surface area contributed by atoms with Crippen LogP contribution in [0.5, 0.6) is 0 Å². The molecule has 0 unspecified atom stereocenters. The van der Waals surface area contributed by atoms with Crippen LogP contribution in [0.3, 0.4) is 0 Å². The Morgan fingerprint density at radius 2 is 2.24 bits per heavy atom. The highest BCUT2D eigenvalue weighted by Crippen LogP contribution is 2.49. The van der Waals surface area contributed by atoms with Crippen molar-refractivity contribution in [3.8, 4) is 0 Å². The molecule has 1 heterocycles. The number of carbonyl (C=O) groups is 1. The van der Waals surface area contributed by atoms with Gasteiger partial charge in [-0.25, -0.2) is 0 Å². The summed E-state index contributed by atoms with van der Waals surface area (Å²) < 4.78 is 5.44. The highest BCUT2D eigenvalue weighted by molar-refractivity contribution is 6.10. The second-order valence-corrected chi connectivity index (χ2v) is 5.75. The Bertz CT molecular complexity index is 521. The molecule has 90 valence electrons. The summed E-state index contributed by atoms with van der Waals surface area (Å²) in [6, 6.07) is 0. The van der Waals surface area contributed by atoms with Crippen LogP contribution in [0.1, 0.15) is 48.4 Å². The minimum Gasteiger partial charge on any atom is -0.460 e. The maximum Gasteiger partial charge on any atom is 0.224 e. The molecule has 1 aromatic rings. The lowest BCUT2D eigenvalue weighted by atomic mass is 9.60. The topological polar surface area (TPSA) is 30.2 Å². The Morgan fingerprint density at radius 3 is 3.00 bits per heavy atom. The number of allylic oxidation sites excluding steroid dienone is 2. The minimum absolute atomic E-state index is 0.0109. The van der Waals surface area contributed by atoms with Gasteiger partial charge >= 0.3 is 0 Å². The summed E-state index contributed by atoms with van der Waals surface area (Å²) in [6.45, 7) is 6.53. The minimum atomic E-state index is 0.0109. The van der Waals surface area contributed by atoms with Crippen molar-refractivity contribution in [2.45, 2.75) is 40.0 Å². The molecule has 0 N–H and O–H groups in total. The second kappa shape index (κ2) is 3.34. The summed E-state index contributed by atoms with van der Waals surface area (Å²) in [7, 11) is 0. The monoisotopic (exact) mass is 230 g/mol. The maximum atomic E-state index is 12.5. The zero-order valence-corrected chi connectivity index (χ0v) is 10.7. The van der Waals surface area contributed by atoms with E-state index in [0.717, 1.165) is 29.5 Å². The molecule has 1 aromatic heterocycles. The van der Waals surface area contributed by atoms with E-state index in [1.807, 2.05) is 6.92 Å². The van der Waals surface area contributed by atoms with Crippen molar-refractivity contribution >= 4 is 5.78 Å². The summed E-state index contributed by atoms with van der Waals surface area (Å²) in [5, 5.41) is 0. The maximum absolute atomic E-state index is 12.5. The van der Waals surface area contributed by atoms with Crippen LogP contribution in [-0.2, 0) is 6.42 Å². The predicted molar refractivity (Wildman–Crippen MR) is 66.1 cm³/mol. The van der Waals surface area contributed by atoms with E-state index in [-0.39, 0.29) is 11.2 Å². The fourth-order valence-corrected chi connectivity index (χ4v) is 3.28. The molecule has 2 atom stereocenters. The molecule has 0 spiro atoms. The van der Waals surface area contributed by atoms with E-state index in [4.69, 9.17) is 4.42 Å². The van der Waals surface area contributed by atoms with Gasteiger partial charge in [-0.15, -0.1) is 0 Å². The van der Waals surface area contributed by atoms with Gasteiger partial charge in [-0.3, -0.25) is 4.79 Å². The third-order valence-electron chi connectivity index (χ3n) is 4.75. The van der Waals surface area contributed by atoms with Gasteiger partial charge in [0.15, 0.2) is 5.76 Å². The largest absolute Gasteiger partial charge is 0.460 e. The standard InChI is InChI=1S/C15H18O2/c1-9-8-17-14-11(9)7-15(3)10(2)5-4-6-12(15)13(14)16/h6,8,10H,4-5,7H2,1-3H3/t10-,15+/m0/s1. The molecule has 0 radical (unpaired) electrons. The first-order chi connectivity index (χ1) is 8.04. The molecule has 0 saturated carbocycles. The zero-order valence-electron chi connectivity index (χ0n) is 10.7. The van der Waals surface area contributed by atoms with E-state index in [1.54, 1.807) is 6.26 Å². The van der Waals surface area contributed by atoms with Crippen LogP contribution < -0.4 is 0 Å². The van der Waals surface area contributed by atoms with E-state index in [0.29, 0.717) is 11.7 Å². The third kappa shape index (κ3) is 1.30. The van der Waals surface area contributed by atoms with Crippen molar-refractivity contribution in [2.75, 3.05) is 0 Å². The molecular weight excluding hydrogens is 212 g/mol. The average molecular weight is 230 g/mol. The van der Waals surface area contributed by atoms with Crippen molar-refractivity contribution in [3.63, 3.8) is 0 Å². The fourth-order valence-electron chi connectivity index (χ4n) is 3.28. The average Bonchev–Trinajstić information content (AvgIpc) is 2.64. The molecule has 0 amide bonds. The fraction of sp³-hybridized carbons (Fsp3) is 0.533. The molecule has 0 aromatic carbocycles. The van der Waals surface area contributed by atoms with Crippen molar-refractivity contribution in [1.82, 2.24) is 0 Å². The summed E-state index contributed by atoms with van der Waals surface area (Å²) in [5.74, 6) is 1.27. The van der Waals surface area contributed by atoms with Gasteiger partial charge in [0.1, 0.15) is 0 Å². The van der Waals surface area contributed by atoms with Gasteiger partial charge in [0.25, 0.3) is 0 Å². The van der Waals surface area contributed by atoms with E-state index in [2.05, 4.69) is 19.9 Å². The summed E-state index contributed by atoms with van der Waals surface area (Å²) >= 11 is 0. The first-order valence-corrected chi connectivity index (χ1v) is 6.36. The Morgan fingerprint density at radius 1 is 1.47 bits per heavy atom. The molecule has 0 bridgehead atoms. The van der Waals surface area contributed by atoms with Crippen molar-refractivity contribution < 1.29 is 9.21 Å². The van der Waals surface area contributed by atoms with Gasteiger partial charge in [0, 0.05) is 16.6 Å². The van der Waals surface area contributed by atoms with Crippen LogP contribution in [0, 0.1) is 18.3 Å². The van der Waals surface area contributed by atoms with Gasteiger partial charge in [0.2, 0.25) is 5.78 Å². The van der Waals surface area contributed by atoms with E-state index in [1.165, 1.54) is 6.42 Å². The lowest BCUT2D eigenvalue weighted by molar-refractivity contribution is 0.0918. The second-order valence-electron chi connectivity index (χ2n) is 5.75. The highest BCUT2D eigenvalue weighted by atomic mass is 16.3. The smallest absolute Gasteiger partial charge is 0.224 e. The number of hydrogen-bond acceptors (Lipinski definition) is 2. The Hall–Kier alpha value is -1.31. The van der Waals surface area contributed by atoms with Gasteiger partial charge in [-0.1, -0.05) is 19.9 Å². The molecule has 0 aliphatic heterocycles. The number of rotatable bonds is 0. The summed E-state index contributed by atoms with van der Waals surface area (Å²) in [6.07, 6.45) is 6.99. The number of ketones is 1. The number of aryl methyl sites for hydroxylation is 1. The van der Waals surface area contributed by atoms with Crippen LogP contribution >= 0.6 is 0 Å². The number of Topliss-reactive ketones (excluding diaryl/α,β-unsaturated/α-hetero) is 1. The van der Waals surface area contributed by atoms with Crippen molar-refractivity contribution in [3.05, 3.63) is 34.8 Å². The Labute approximate surface area is 102 Å². The van der Waals surface area contributed by atoms with Gasteiger partial charge in [-0.05, 0) is 37.7 Å². The first kappa shape index (κ1) is 10.8. The predicted octanol–water partition coefficient (Wildman–Crippen LogP) is 3.69. The normalized spacial score (nSPS) is 31.8. The molecular formula is C15H18O2. The van der Waals surface area contributed by atoms with Crippen LogP contribution in [0.25, 0.3) is 0 Å². The van der Waals surface area contributed by atoms with Gasteiger partial charge in [0.05, 0.1) is 6.26 Å². The van der Waals surface area contributed by atoms with E-state index < -0.39 is 0 Å². The van der Waals surface area contributed by atoms with Gasteiger partial charge < -0.3 is 4.42 Å². The summed E-state index contributed by atoms with van der Waals surface area (Å²) in [5.41, 5.74) is 3.24. The van der Waals surface area contributed by atoms with Crippen LogP contribution in [-0.4, -0.2) is 5.78 Å². The molecule has 2 aliphatic carbocycles. The number of fused-ring (bicyclic) bond motifs is 2. The quantitative estimate of drug-likeness (QED) is 0.680. The van der Waals surface area contributed by atoms with Crippen molar-refractivity contribution in [2.24, 2.45) is 11.3 Å². The molecule has 2 aliphatic rings. The molecule has 3 rings (SSSR count). The number of carbonyl (C=O) groups excluding carboxylic acids is 1. The SMILES string of the molecule is Cc1coc2c1C[C@@]1(C)C(=CCC[C@@H]1C)C2=O. The van der Waals surface area contributed by atoms with Crippen LogP contribution in [0.2, 0.25) is 0 Å². The zero-order chi connectivity index (χ0) is 12.2. The van der Waals surface area contributed by atoms with E-state index in [9.17, 15) is 4.79 Å². The van der Waals surface area contributed by atoms with Gasteiger partial charge in [-0.2, -0.15) is 0 Å². The first-order valence-electron chi connectivity index (χ1n) is 6.36. The molecule has 0 fully saturated rings. The lowest BCUT2D eigenvalue weighted by Crippen LogP contribution is -2.39. The summed E-state index contributed by atoms with van der Waals surface area (Å²) in [4.78, 5) is 12.5. The number of hydrogen-bond donors (Lipinski definition) is 0. The number of furan rings is 1. The molecule has 17 heavy (non-hydrogen) atoms. The molecule has 2 heteroatoms. The molecule has 2 nitrogen and oxygen atoms in total.